The number of amides is 1. The summed E-state index contributed by atoms with van der Waals surface area (Å²) in [5, 5.41) is 0.554. The molecule has 2 aromatic heterocycles. The molecule has 0 saturated heterocycles. The number of fused-ring (bicyclic) bond motifs is 1. The van der Waals surface area contributed by atoms with Crippen LogP contribution in [-0.2, 0) is 16.4 Å². The quantitative estimate of drug-likeness (QED) is 0.341. The molecule has 2 heterocycles. The number of hydrogen-bond donors (Lipinski definition) is 0. The van der Waals surface area contributed by atoms with Gasteiger partial charge < -0.3 is 0 Å². The number of benzene rings is 2. The second kappa shape index (κ2) is 9.21. The first kappa shape index (κ1) is 23.4. The van der Waals surface area contributed by atoms with Gasteiger partial charge in [-0.05, 0) is 74.4 Å². The van der Waals surface area contributed by atoms with E-state index in [1.807, 2.05) is 31.2 Å². The summed E-state index contributed by atoms with van der Waals surface area (Å²) in [6.45, 7) is 5.49. The molecule has 0 bridgehead atoms. The predicted molar refractivity (Wildman–Crippen MR) is 133 cm³/mol. The highest BCUT2D eigenvalue weighted by atomic mass is 35.5. The van der Waals surface area contributed by atoms with Crippen molar-refractivity contribution in [1.82, 2.24) is 9.97 Å². The Labute approximate surface area is 201 Å². The molecule has 0 spiro atoms. The minimum Gasteiger partial charge on any atom is -0.279 e. The maximum absolute atomic E-state index is 13.6. The van der Waals surface area contributed by atoms with Gasteiger partial charge in [-0.15, -0.1) is 0 Å². The van der Waals surface area contributed by atoms with E-state index in [4.69, 9.17) is 16.6 Å². The van der Waals surface area contributed by atoms with E-state index in [9.17, 15) is 13.2 Å². The topological polar surface area (TPSA) is 80.2 Å². The van der Waals surface area contributed by atoms with Gasteiger partial charge in [-0.25, -0.2) is 13.4 Å². The lowest BCUT2D eigenvalue weighted by molar-refractivity contribution is 0.0985. The third-order valence-corrected chi connectivity index (χ3v) is 9.01. The van der Waals surface area contributed by atoms with Crippen molar-refractivity contribution in [3.8, 4) is 0 Å². The molecule has 33 heavy (non-hydrogen) atoms. The van der Waals surface area contributed by atoms with Crippen molar-refractivity contribution >= 4 is 54.0 Å². The van der Waals surface area contributed by atoms with Crippen molar-refractivity contribution < 1.29 is 13.2 Å². The van der Waals surface area contributed by atoms with E-state index in [1.54, 1.807) is 43.3 Å². The molecule has 0 aliphatic rings. The maximum Gasteiger partial charge on any atom is 0.260 e. The Hall–Kier alpha value is -2.81. The number of anilines is 1. The summed E-state index contributed by atoms with van der Waals surface area (Å²) in [7, 11) is -3.42. The lowest BCUT2D eigenvalue weighted by atomic mass is 10.2. The molecule has 2 aromatic carbocycles. The van der Waals surface area contributed by atoms with E-state index >= 15 is 0 Å². The van der Waals surface area contributed by atoms with Gasteiger partial charge in [0.05, 0.1) is 31.9 Å². The minimum atomic E-state index is -3.42. The normalized spacial score (nSPS) is 11.8. The van der Waals surface area contributed by atoms with Crippen LogP contribution in [0.1, 0.15) is 35.3 Å². The van der Waals surface area contributed by atoms with Gasteiger partial charge in [-0.3, -0.25) is 14.7 Å². The summed E-state index contributed by atoms with van der Waals surface area (Å²) in [4.78, 5) is 24.1. The molecule has 0 atom stereocenters. The summed E-state index contributed by atoms with van der Waals surface area (Å²) in [5.74, 6) is -0.284. The van der Waals surface area contributed by atoms with Crippen LogP contribution in [0.2, 0.25) is 5.02 Å². The van der Waals surface area contributed by atoms with Gasteiger partial charge in [0.2, 0.25) is 0 Å². The Morgan fingerprint density at radius 3 is 2.33 bits per heavy atom. The Morgan fingerprint density at radius 2 is 1.73 bits per heavy atom. The monoisotopic (exact) mass is 499 g/mol. The van der Waals surface area contributed by atoms with Crippen molar-refractivity contribution in [1.29, 1.82) is 0 Å². The van der Waals surface area contributed by atoms with Crippen LogP contribution in [0.3, 0.4) is 0 Å². The Bertz CT molecular complexity index is 1380. The molecule has 4 aromatic rings. The van der Waals surface area contributed by atoms with Crippen LogP contribution in [-0.4, -0.2) is 29.5 Å². The highest BCUT2D eigenvalue weighted by molar-refractivity contribution is 7.92. The van der Waals surface area contributed by atoms with Crippen molar-refractivity contribution in [2.75, 3.05) is 4.90 Å². The van der Waals surface area contributed by atoms with Crippen LogP contribution >= 0.6 is 22.9 Å². The average Bonchev–Trinajstić information content (AvgIpc) is 3.27. The molecule has 0 aliphatic heterocycles. The lowest BCUT2D eigenvalue weighted by Crippen LogP contribution is -2.30. The lowest BCUT2D eigenvalue weighted by Gasteiger charge is -2.20. The molecule has 170 valence electrons. The second-order valence-corrected chi connectivity index (χ2v) is 11.8. The highest BCUT2D eigenvalue weighted by Gasteiger charge is 2.24. The van der Waals surface area contributed by atoms with Crippen molar-refractivity contribution in [2.45, 2.75) is 37.5 Å². The van der Waals surface area contributed by atoms with Crippen LogP contribution in [0.4, 0.5) is 5.13 Å². The average molecular weight is 500 g/mol. The fraction of sp³-hybridized carbons (Fsp3) is 0.208. The first-order valence-corrected chi connectivity index (χ1v) is 13.0. The summed E-state index contributed by atoms with van der Waals surface area (Å²) < 4.78 is 25.7. The number of carbonyl (C=O) groups is 1. The molecule has 0 fully saturated rings. The Kier molecular flexibility index (Phi) is 6.52. The molecule has 0 radical (unpaired) electrons. The van der Waals surface area contributed by atoms with E-state index in [0.29, 0.717) is 15.7 Å². The molecular formula is C24H22ClN3O3S2. The van der Waals surface area contributed by atoms with Crippen molar-refractivity contribution in [3.05, 3.63) is 82.6 Å². The minimum absolute atomic E-state index is 0.192. The van der Waals surface area contributed by atoms with Gasteiger partial charge in [-0.1, -0.05) is 29.0 Å². The molecule has 0 N–H and O–H groups in total. The first-order valence-electron chi connectivity index (χ1n) is 10.3. The van der Waals surface area contributed by atoms with Gasteiger partial charge >= 0.3 is 0 Å². The van der Waals surface area contributed by atoms with Crippen LogP contribution in [0, 0.1) is 6.92 Å². The number of hydrogen-bond acceptors (Lipinski definition) is 6. The van der Waals surface area contributed by atoms with Crippen molar-refractivity contribution in [3.63, 3.8) is 0 Å². The number of nitrogens with zero attached hydrogens (tertiary/aromatic N) is 3. The zero-order chi connectivity index (χ0) is 23.8. The van der Waals surface area contributed by atoms with E-state index in [-0.39, 0.29) is 17.3 Å². The summed E-state index contributed by atoms with van der Waals surface area (Å²) in [6.07, 6.45) is 3.34. The Morgan fingerprint density at radius 1 is 1.06 bits per heavy atom. The molecule has 0 aliphatic carbocycles. The number of sulfone groups is 1. The first-order chi connectivity index (χ1) is 15.7. The van der Waals surface area contributed by atoms with Crippen LogP contribution in [0.5, 0.6) is 0 Å². The van der Waals surface area contributed by atoms with E-state index in [0.717, 1.165) is 21.3 Å². The fourth-order valence-corrected chi connectivity index (χ4v) is 5.69. The van der Waals surface area contributed by atoms with Crippen LogP contribution in [0.25, 0.3) is 10.2 Å². The number of aryl methyl sites for hydroxylation is 1. The highest BCUT2D eigenvalue weighted by Crippen LogP contribution is 2.36. The number of pyridine rings is 1. The summed E-state index contributed by atoms with van der Waals surface area (Å²) >= 11 is 7.74. The number of thiazole rings is 1. The molecule has 4 rings (SSSR count). The summed E-state index contributed by atoms with van der Waals surface area (Å²) in [5.41, 5.74) is 2.98. The third-order valence-electron chi connectivity index (χ3n) is 5.30. The van der Waals surface area contributed by atoms with Gasteiger partial charge in [-0.2, -0.15) is 0 Å². The molecule has 1 amide bonds. The van der Waals surface area contributed by atoms with E-state index in [2.05, 4.69) is 4.98 Å². The van der Waals surface area contributed by atoms with Gasteiger partial charge in [0.25, 0.3) is 5.91 Å². The van der Waals surface area contributed by atoms with E-state index in [1.165, 1.54) is 23.5 Å². The molecule has 9 heteroatoms. The van der Waals surface area contributed by atoms with Crippen molar-refractivity contribution in [2.24, 2.45) is 0 Å². The molecule has 6 nitrogen and oxygen atoms in total. The zero-order valence-corrected chi connectivity index (χ0v) is 20.7. The van der Waals surface area contributed by atoms with Crippen LogP contribution < -0.4 is 4.90 Å². The van der Waals surface area contributed by atoms with Gasteiger partial charge in [0.1, 0.15) is 0 Å². The van der Waals surface area contributed by atoms with Gasteiger partial charge in [0, 0.05) is 18.0 Å². The fourth-order valence-electron chi connectivity index (χ4n) is 3.32. The molecular weight excluding hydrogens is 478 g/mol. The Balaban J connectivity index is 1.76. The number of aromatic nitrogens is 2. The largest absolute Gasteiger partial charge is 0.279 e. The van der Waals surface area contributed by atoms with Gasteiger partial charge in [0.15, 0.2) is 15.0 Å². The zero-order valence-electron chi connectivity index (χ0n) is 18.3. The molecule has 0 unspecified atom stereocenters. The number of rotatable bonds is 6. The predicted octanol–water partition coefficient (Wildman–Crippen LogP) is 5.68. The SMILES string of the molecule is Cc1ccc(Cl)c2sc(N(Cc3ccncc3)C(=O)c3ccc(S(=O)(=O)C(C)C)cc3)nc12. The third kappa shape index (κ3) is 4.64. The standard InChI is InChI=1S/C24H22ClN3O3S2/c1-15(2)33(30,31)19-7-5-18(6-8-19)23(29)28(14-17-10-12-26-13-11-17)24-27-21-16(3)4-9-20(25)22(21)32-24/h4-13,15H,14H2,1-3H3. The van der Waals surface area contributed by atoms with E-state index < -0.39 is 15.1 Å². The number of carbonyl (C=O) groups excluding carboxylic acids is 1. The van der Waals surface area contributed by atoms with Crippen LogP contribution in [0.15, 0.2) is 65.8 Å². The summed E-state index contributed by atoms with van der Waals surface area (Å²) in [6, 6.07) is 13.4. The second-order valence-electron chi connectivity index (χ2n) is 7.90. The smallest absolute Gasteiger partial charge is 0.260 e. The maximum atomic E-state index is 13.6. The number of halogens is 1. The molecule has 0 saturated carbocycles.